The van der Waals surface area contributed by atoms with E-state index in [0.29, 0.717) is 25.1 Å². The fourth-order valence-corrected chi connectivity index (χ4v) is 13.0. The molecule has 0 unspecified atom stereocenters. The minimum atomic E-state index is -1.40. The number of carbonyl (C=O) groups is 11. The lowest BCUT2D eigenvalue weighted by molar-refractivity contribution is -0.148. The summed E-state index contributed by atoms with van der Waals surface area (Å²) in [5.41, 5.74) is 0.789. The second kappa shape index (κ2) is 42.0. The van der Waals surface area contributed by atoms with Crippen molar-refractivity contribution >= 4 is 70.6 Å². The zero-order chi connectivity index (χ0) is 74.7. The van der Waals surface area contributed by atoms with Gasteiger partial charge in [0.2, 0.25) is 35.4 Å². The Morgan fingerprint density at radius 3 is 1.80 bits per heavy atom. The summed E-state index contributed by atoms with van der Waals surface area (Å²) < 4.78 is 7.94. The maximum Gasteiger partial charge on any atom is 0.245 e. The third-order valence-corrected chi connectivity index (χ3v) is 18.8. The van der Waals surface area contributed by atoms with Crippen molar-refractivity contribution in [3.05, 3.63) is 54.5 Å². The monoisotopic (exact) mass is 1380 g/mol. The number of allylic oxidation sites excluding steroid dienone is 2. The number of nitrogens with zero attached hydrogens (tertiary/aromatic N) is 8. The maximum atomic E-state index is 15.1. The molecule has 1 aliphatic rings. The molecule has 24 heteroatoms. The van der Waals surface area contributed by atoms with Gasteiger partial charge in [0.1, 0.15) is 18.7 Å². The molecule has 0 spiro atoms. The Bertz CT molecular complexity index is 3020. The van der Waals surface area contributed by atoms with E-state index in [1.54, 1.807) is 97.0 Å². The van der Waals surface area contributed by atoms with Crippen LogP contribution in [0, 0.1) is 59.2 Å². The smallest absolute Gasteiger partial charge is 0.245 e. The van der Waals surface area contributed by atoms with Crippen molar-refractivity contribution in [2.75, 3.05) is 34.8 Å². The molecule has 0 radical (unpaired) electrons. The quantitative estimate of drug-likeness (QED) is 0.0405. The number of Topliss-reactive ketones (excluding diaryl/α,β-unsaturated/α-hetero) is 5. The fourth-order valence-electron chi connectivity index (χ4n) is 13.0. The molecule has 554 valence electrons. The number of carbonyl (C=O) groups excluding carboxylic acids is 11. The highest BCUT2D eigenvalue weighted by atomic mass is 16.6. The molecule has 3 rings (SSSR count). The molecule has 3 N–H and O–H groups in total. The lowest BCUT2D eigenvalue weighted by Gasteiger charge is -2.36. The molecule has 2 aromatic heterocycles. The SMILES string of the molecule is C/C=C/C[C@@H](C)[C@@H](O)[C@@H]1CC(=O)[C@H](C(C)C)N(C)C(=O)[C@H](CC(C)C)CC(=O)[C@H](CC(C)C)N(C)C(=O)[C@@H](C)NC(=O)[C@H](C)CC(=O)[C@H](CC(C)C)N(C)C(=O)[C@H](C(C)C)CC(=O)[C@H]([C@@H](C)OCCC/C=N/OCc2ccc(-n3cccn3)nc2)N(C)C(=O)CCC(=O)[C@H](CC)NC1=O. The van der Waals surface area contributed by atoms with Gasteiger partial charge in [0.25, 0.3) is 0 Å². The summed E-state index contributed by atoms with van der Waals surface area (Å²) in [7, 11) is 5.89. The number of aliphatic hydroxyl groups excluding tert-OH is 1. The first-order chi connectivity index (χ1) is 46.5. The zero-order valence-electron chi connectivity index (χ0n) is 63.0. The second-order valence-corrected chi connectivity index (χ2v) is 29.3. The average molecular weight is 1390 g/mol. The normalized spacial score (nSPS) is 25.1. The van der Waals surface area contributed by atoms with Gasteiger partial charge in [0.15, 0.2) is 34.7 Å². The van der Waals surface area contributed by atoms with Crippen LogP contribution in [0.2, 0.25) is 0 Å². The van der Waals surface area contributed by atoms with Crippen LogP contribution in [-0.2, 0) is 68.9 Å². The van der Waals surface area contributed by atoms with E-state index >= 15 is 4.79 Å². The number of pyridine rings is 1. The molecule has 3 heterocycles. The van der Waals surface area contributed by atoms with Crippen LogP contribution >= 0.6 is 0 Å². The first kappa shape index (κ1) is 85.9. The highest BCUT2D eigenvalue weighted by Gasteiger charge is 2.43. The second-order valence-electron chi connectivity index (χ2n) is 29.3. The Kier molecular flexibility index (Phi) is 36.5. The Labute approximate surface area is 589 Å². The number of likely N-dealkylation sites (N-methyl/N-ethyl adjacent to an activating group) is 4. The molecule has 0 aliphatic carbocycles. The number of aliphatic hydroxyl groups is 1. The van der Waals surface area contributed by atoms with Gasteiger partial charge < -0.3 is 44.9 Å². The zero-order valence-corrected chi connectivity index (χ0v) is 63.0. The van der Waals surface area contributed by atoms with E-state index in [9.17, 15) is 53.1 Å². The standard InChI is InChI=1S/C75H120N10O14/c1-21-23-27-50(13)70(92)57-42-64(89)68(49(11)12)84(20)74(96)55(36-45(3)4)40-63(88)60(38-47(7)8)81(17)73(95)52(15)79-71(93)51(14)39-62(87)59(37-46(5)6)82(18)75(97)56(48(9)10)41-65(90)69(83(19)67(91)31-29-61(86)58(22-2)80-72(57)94)53(16)98-35-25-24-33-78-99-44-54-28-30-66(76-43-54)85-34-26-32-77-85/h21,23,26,28,30,32-34,43,45-53,55-60,68-70,92H,22,24-25,27,29,31,35-42,44H2,1-20H3,(H,79,93)(H,80,94)/b23-21+,78-33+/t50-,51-,52-,53-,55-,56+,57+,58+,59+,60+,68+,69+,70-/m1/s1. The molecule has 1 aliphatic heterocycles. The van der Waals surface area contributed by atoms with E-state index < -0.39 is 167 Å². The number of aromatic nitrogens is 3. The van der Waals surface area contributed by atoms with Gasteiger partial charge in [-0.1, -0.05) is 113 Å². The molecule has 24 nitrogen and oxygen atoms in total. The van der Waals surface area contributed by atoms with E-state index in [2.05, 4.69) is 25.9 Å². The predicted octanol–water partition coefficient (Wildman–Crippen LogP) is 8.76. The van der Waals surface area contributed by atoms with Gasteiger partial charge in [-0.05, 0) is 113 Å². The van der Waals surface area contributed by atoms with Crippen LogP contribution in [0.25, 0.3) is 5.82 Å². The highest BCUT2D eigenvalue weighted by molar-refractivity contribution is 5.99. The number of unbranched alkanes of at least 4 members (excludes halogenated alkanes) is 1. The number of nitrogens with one attached hydrogen (secondary N) is 2. The number of amides is 6. The van der Waals surface area contributed by atoms with Crippen LogP contribution in [0.1, 0.15) is 200 Å². The van der Waals surface area contributed by atoms with Crippen molar-refractivity contribution in [2.45, 2.75) is 249 Å². The van der Waals surface area contributed by atoms with Crippen LogP contribution in [0.4, 0.5) is 0 Å². The van der Waals surface area contributed by atoms with Crippen molar-refractivity contribution in [3.8, 4) is 5.82 Å². The highest BCUT2D eigenvalue weighted by Crippen LogP contribution is 2.30. The van der Waals surface area contributed by atoms with Gasteiger partial charge in [-0.15, -0.1) is 0 Å². The lowest BCUT2D eigenvalue weighted by atomic mass is 9.82. The van der Waals surface area contributed by atoms with Gasteiger partial charge in [0, 0.05) is 121 Å². The Balaban J connectivity index is 2.15. The summed E-state index contributed by atoms with van der Waals surface area (Å²) in [6.07, 6.45) is 7.64. The number of oxime groups is 1. The number of hydrogen-bond donors (Lipinski definition) is 3. The van der Waals surface area contributed by atoms with Crippen LogP contribution in [-0.4, -0.2) is 193 Å². The number of ketones is 5. The molecule has 99 heavy (non-hydrogen) atoms. The largest absolute Gasteiger partial charge is 0.392 e. The average Bonchev–Trinajstić information content (AvgIpc) is 1.20. The molecule has 0 saturated carbocycles. The molecule has 2 aromatic rings. The number of hydrogen-bond acceptors (Lipinski definition) is 17. The van der Waals surface area contributed by atoms with Crippen molar-refractivity contribution < 1.29 is 67.4 Å². The number of ether oxygens (including phenoxy) is 1. The predicted molar refractivity (Wildman–Crippen MR) is 380 cm³/mol. The summed E-state index contributed by atoms with van der Waals surface area (Å²) in [5, 5.41) is 25.8. The van der Waals surface area contributed by atoms with Crippen molar-refractivity contribution in [1.82, 2.24) is 45.0 Å². The van der Waals surface area contributed by atoms with E-state index in [-0.39, 0.29) is 82.3 Å². The number of rotatable bonds is 23. The van der Waals surface area contributed by atoms with Gasteiger partial charge >= 0.3 is 0 Å². The minimum absolute atomic E-state index is 0.0700. The van der Waals surface area contributed by atoms with Crippen LogP contribution in [0.15, 0.2) is 54.1 Å². The molecule has 13 atom stereocenters. The molecule has 0 aromatic carbocycles. The van der Waals surface area contributed by atoms with Gasteiger partial charge in [-0.25, -0.2) is 9.67 Å². The topological polar surface area (TPSA) is 307 Å². The first-order valence-electron chi connectivity index (χ1n) is 35.8. The Hall–Kier alpha value is -7.34. The Morgan fingerprint density at radius 2 is 1.25 bits per heavy atom. The summed E-state index contributed by atoms with van der Waals surface area (Å²) in [4.78, 5) is 176. The molecular formula is C75H120N10O14. The molecule has 6 amide bonds. The lowest BCUT2D eigenvalue weighted by Crippen LogP contribution is -2.53. The third kappa shape index (κ3) is 26.6. The van der Waals surface area contributed by atoms with Crippen LogP contribution in [0.3, 0.4) is 0 Å². The summed E-state index contributed by atoms with van der Waals surface area (Å²) >= 11 is 0. The summed E-state index contributed by atoms with van der Waals surface area (Å²) in [5.74, 6) is -11.5. The van der Waals surface area contributed by atoms with Crippen molar-refractivity contribution in [1.29, 1.82) is 0 Å². The first-order valence-corrected chi connectivity index (χ1v) is 35.8. The molecule has 1 saturated heterocycles. The van der Waals surface area contributed by atoms with Crippen LogP contribution in [0.5, 0.6) is 0 Å². The van der Waals surface area contributed by atoms with Crippen LogP contribution < -0.4 is 10.6 Å². The van der Waals surface area contributed by atoms with E-state index in [4.69, 9.17) is 9.57 Å². The van der Waals surface area contributed by atoms with Gasteiger partial charge in [-0.2, -0.15) is 5.10 Å². The summed E-state index contributed by atoms with van der Waals surface area (Å²) in [6.45, 7) is 28.7. The van der Waals surface area contributed by atoms with E-state index in [0.717, 1.165) is 5.56 Å². The minimum Gasteiger partial charge on any atom is -0.392 e. The van der Waals surface area contributed by atoms with Crippen molar-refractivity contribution in [2.24, 2.45) is 64.3 Å². The third-order valence-electron chi connectivity index (χ3n) is 18.8. The fraction of sp³-hybridized carbons (Fsp3) is 0.707. The van der Waals surface area contributed by atoms with Gasteiger partial charge in [-0.3, -0.25) is 52.7 Å². The van der Waals surface area contributed by atoms with E-state index in [1.807, 2.05) is 66.7 Å². The molecule has 1 fully saturated rings. The Morgan fingerprint density at radius 1 is 0.657 bits per heavy atom. The molecular weight excluding hydrogens is 1260 g/mol. The van der Waals surface area contributed by atoms with E-state index in [1.165, 1.54) is 54.7 Å². The molecule has 0 bridgehead atoms. The summed E-state index contributed by atoms with van der Waals surface area (Å²) in [6, 6.07) is -1.33. The maximum absolute atomic E-state index is 15.1. The van der Waals surface area contributed by atoms with Gasteiger partial charge in [0.05, 0.1) is 42.3 Å². The van der Waals surface area contributed by atoms with Crippen molar-refractivity contribution in [3.63, 3.8) is 0 Å².